The number of hydrogen-bond acceptors (Lipinski definition) is 4. The highest BCUT2D eigenvalue weighted by Crippen LogP contribution is 2.24. The summed E-state index contributed by atoms with van der Waals surface area (Å²) in [5.41, 5.74) is 7.97. The summed E-state index contributed by atoms with van der Waals surface area (Å²) < 4.78 is 0. The van der Waals surface area contributed by atoms with Crippen LogP contribution in [-0.2, 0) is 0 Å². The second kappa shape index (κ2) is 6.77. The van der Waals surface area contributed by atoms with E-state index < -0.39 is 0 Å². The molecule has 0 heterocycles. The number of rotatable bonds is 6. The monoisotopic (exact) mass is 233 g/mol. The van der Waals surface area contributed by atoms with Crippen molar-refractivity contribution < 1.29 is 5.11 Å². The van der Waals surface area contributed by atoms with Crippen LogP contribution in [0.15, 0.2) is 18.2 Å². The van der Waals surface area contributed by atoms with Gasteiger partial charge < -0.3 is 15.7 Å². The lowest BCUT2D eigenvalue weighted by atomic mass is 10.1. The first-order valence-electron chi connectivity index (χ1n) is 5.88. The van der Waals surface area contributed by atoms with Crippen molar-refractivity contribution in [1.29, 1.82) is 5.26 Å². The van der Waals surface area contributed by atoms with Gasteiger partial charge in [-0.05, 0) is 24.6 Å². The summed E-state index contributed by atoms with van der Waals surface area (Å²) in [6.07, 6.45) is 2.15. The van der Waals surface area contributed by atoms with Gasteiger partial charge in [-0.1, -0.05) is 13.3 Å². The molecule has 17 heavy (non-hydrogen) atoms. The van der Waals surface area contributed by atoms with Crippen LogP contribution in [-0.4, -0.2) is 24.8 Å². The SMILES string of the molecule is CCCCN(CCO)c1ccc(C#N)cc1N. The summed E-state index contributed by atoms with van der Waals surface area (Å²) in [5, 5.41) is 17.8. The molecule has 0 radical (unpaired) electrons. The van der Waals surface area contributed by atoms with Gasteiger partial charge in [0, 0.05) is 13.1 Å². The molecule has 0 spiro atoms. The topological polar surface area (TPSA) is 73.3 Å². The molecule has 0 saturated heterocycles. The molecule has 0 bridgehead atoms. The van der Waals surface area contributed by atoms with Gasteiger partial charge in [-0.2, -0.15) is 5.26 Å². The number of anilines is 2. The van der Waals surface area contributed by atoms with Crippen LogP contribution < -0.4 is 10.6 Å². The molecule has 92 valence electrons. The van der Waals surface area contributed by atoms with E-state index in [0.29, 0.717) is 17.8 Å². The first kappa shape index (κ1) is 13.3. The molecule has 0 aliphatic heterocycles. The number of aliphatic hydroxyl groups excluding tert-OH is 1. The zero-order chi connectivity index (χ0) is 12.7. The second-order valence-corrected chi connectivity index (χ2v) is 3.95. The van der Waals surface area contributed by atoms with Gasteiger partial charge in [-0.3, -0.25) is 0 Å². The van der Waals surface area contributed by atoms with Crippen molar-refractivity contribution in [1.82, 2.24) is 0 Å². The van der Waals surface area contributed by atoms with Gasteiger partial charge in [0.05, 0.1) is 29.6 Å². The number of nitriles is 1. The fraction of sp³-hybridized carbons (Fsp3) is 0.462. The molecular formula is C13H19N3O. The second-order valence-electron chi connectivity index (χ2n) is 3.95. The van der Waals surface area contributed by atoms with E-state index in [0.717, 1.165) is 25.1 Å². The van der Waals surface area contributed by atoms with Gasteiger partial charge >= 0.3 is 0 Å². The molecule has 1 aromatic carbocycles. The lowest BCUT2D eigenvalue weighted by Gasteiger charge is -2.25. The third kappa shape index (κ3) is 3.65. The Hall–Kier alpha value is -1.73. The predicted molar refractivity (Wildman–Crippen MR) is 69.8 cm³/mol. The van der Waals surface area contributed by atoms with E-state index in [1.807, 2.05) is 6.07 Å². The molecule has 4 heteroatoms. The number of nitrogens with zero attached hydrogens (tertiary/aromatic N) is 2. The van der Waals surface area contributed by atoms with Gasteiger partial charge in [-0.25, -0.2) is 0 Å². The molecule has 0 aliphatic carbocycles. The molecule has 0 saturated carbocycles. The summed E-state index contributed by atoms with van der Waals surface area (Å²) in [7, 11) is 0. The summed E-state index contributed by atoms with van der Waals surface area (Å²) in [4.78, 5) is 2.06. The average Bonchev–Trinajstić information content (AvgIpc) is 2.34. The van der Waals surface area contributed by atoms with Gasteiger partial charge in [-0.15, -0.1) is 0 Å². The van der Waals surface area contributed by atoms with Crippen molar-refractivity contribution in [2.75, 3.05) is 30.3 Å². The van der Waals surface area contributed by atoms with Crippen LogP contribution in [0.2, 0.25) is 0 Å². The maximum Gasteiger partial charge on any atom is 0.0992 e. The van der Waals surface area contributed by atoms with Crippen molar-refractivity contribution in [2.45, 2.75) is 19.8 Å². The molecule has 0 atom stereocenters. The Morgan fingerprint density at radius 2 is 2.18 bits per heavy atom. The number of nitrogens with two attached hydrogens (primary N) is 1. The fourth-order valence-electron chi connectivity index (χ4n) is 1.73. The number of aliphatic hydroxyl groups is 1. The smallest absolute Gasteiger partial charge is 0.0992 e. The molecule has 0 aromatic heterocycles. The van der Waals surface area contributed by atoms with E-state index >= 15 is 0 Å². The van der Waals surface area contributed by atoms with Gasteiger partial charge in [0.2, 0.25) is 0 Å². The Kier molecular flexibility index (Phi) is 5.31. The molecule has 3 N–H and O–H groups in total. The largest absolute Gasteiger partial charge is 0.397 e. The van der Waals surface area contributed by atoms with Crippen molar-refractivity contribution in [3.8, 4) is 6.07 Å². The molecule has 0 fully saturated rings. The predicted octanol–water partition coefficient (Wildman–Crippen LogP) is 1.74. The van der Waals surface area contributed by atoms with E-state index in [1.165, 1.54) is 0 Å². The minimum atomic E-state index is 0.100. The van der Waals surface area contributed by atoms with Crippen LogP contribution in [0.5, 0.6) is 0 Å². The van der Waals surface area contributed by atoms with Crippen molar-refractivity contribution >= 4 is 11.4 Å². The van der Waals surface area contributed by atoms with Gasteiger partial charge in [0.1, 0.15) is 0 Å². The Balaban J connectivity index is 2.89. The highest BCUT2D eigenvalue weighted by atomic mass is 16.3. The first-order chi connectivity index (χ1) is 8.22. The number of hydrogen-bond donors (Lipinski definition) is 2. The Morgan fingerprint density at radius 3 is 2.71 bits per heavy atom. The highest BCUT2D eigenvalue weighted by Gasteiger charge is 2.09. The van der Waals surface area contributed by atoms with Gasteiger partial charge in [0.15, 0.2) is 0 Å². The van der Waals surface area contributed by atoms with E-state index in [4.69, 9.17) is 16.1 Å². The Bertz CT molecular complexity index is 398. The summed E-state index contributed by atoms with van der Waals surface area (Å²) in [5.74, 6) is 0. The average molecular weight is 233 g/mol. The lowest BCUT2D eigenvalue weighted by molar-refractivity contribution is 0.301. The quantitative estimate of drug-likeness (QED) is 0.734. The fourth-order valence-corrected chi connectivity index (χ4v) is 1.73. The molecule has 0 unspecified atom stereocenters. The normalized spacial score (nSPS) is 9.94. The number of unbranched alkanes of at least 4 members (excludes halogenated alkanes) is 1. The van der Waals surface area contributed by atoms with E-state index in [9.17, 15) is 0 Å². The minimum absolute atomic E-state index is 0.100. The summed E-state index contributed by atoms with van der Waals surface area (Å²) >= 11 is 0. The van der Waals surface area contributed by atoms with Crippen molar-refractivity contribution in [3.63, 3.8) is 0 Å². The summed E-state index contributed by atoms with van der Waals surface area (Å²) in [6.45, 7) is 3.66. The third-order valence-electron chi connectivity index (χ3n) is 2.65. The van der Waals surface area contributed by atoms with E-state index in [1.54, 1.807) is 12.1 Å². The van der Waals surface area contributed by atoms with E-state index in [-0.39, 0.29) is 6.61 Å². The minimum Gasteiger partial charge on any atom is -0.397 e. The number of nitrogen functional groups attached to an aromatic ring is 1. The maximum absolute atomic E-state index is 9.05. The van der Waals surface area contributed by atoms with Crippen molar-refractivity contribution in [2.24, 2.45) is 0 Å². The highest BCUT2D eigenvalue weighted by molar-refractivity contribution is 5.69. The van der Waals surface area contributed by atoms with Crippen LogP contribution in [0, 0.1) is 11.3 Å². The molecular weight excluding hydrogens is 214 g/mol. The van der Waals surface area contributed by atoms with Crippen LogP contribution in [0.4, 0.5) is 11.4 Å². The standard InChI is InChI=1S/C13H19N3O/c1-2-3-6-16(7-8-17)13-5-4-11(10-14)9-12(13)15/h4-5,9,17H,2-3,6-8,15H2,1H3. The first-order valence-corrected chi connectivity index (χ1v) is 5.88. The lowest BCUT2D eigenvalue weighted by Crippen LogP contribution is -2.28. The zero-order valence-electron chi connectivity index (χ0n) is 10.2. The van der Waals surface area contributed by atoms with Crippen LogP contribution in [0.1, 0.15) is 25.3 Å². The molecule has 1 aromatic rings. The Morgan fingerprint density at radius 1 is 1.41 bits per heavy atom. The molecule has 0 amide bonds. The van der Waals surface area contributed by atoms with Crippen molar-refractivity contribution in [3.05, 3.63) is 23.8 Å². The molecule has 0 aliphatic rings. The van der Waals surface area contributed by atoms with E-state index in [2.05, 4.69) is 17.9 Å². The van der Waals surface area contributed by atoms with Crippen LogP contribution in [0.3, 0.4) is 0 Å². The molecule has 4 nitrogen and oxygen atoms in total. The molecule has 1 rings (SSSR count). The Labute approximate surface area is 102 Å². The van der Waals surface area contributed by atoms with Crippen LogP contribution in [0.25, 0.3) is 0 Å². The van der Waals surface area contributed by atoms with Crippen LogP contribution >= 0.6 is 0 Å². The zero-order valence-corrected chi connectivity index (χ0v) is 10.2. The number of benzene rings is 1. The van der Waals surface area contributed by atoms with Gasteiger partial charge in [0.25, 0.3) is 0 Å². The summed E-state index contributed by atoms with van der Waals surface area (Å²) in [6, 6.07) is 7.33. The third-order valence-corrected chi connectivity index (χ3v) is 2.65. The maximum atomic E-state index is 9.05.